The smallest absolute Gasteiger partial charge is 0.242 e. The Morgan fingerprint density at radius 3 is 2.31 bits per heavy atom. The Labute approximate surface area is 193 Å². The summed E-state index contributed by atoms with van der Waals surface area (Å²) in [7, 11) is -2.14. The molecule has 0 saturated carbocycles. The molecule has 7 nitrogen and oxygen atoms in total. The van der Waals surface area contributed by atoms with Crippen LogP contribution in [0.1, 0.15) is 25.3 Å². The fourth-order valence-electron chi connectivity index (χ4n) is 3.21. The number of sulfonamides is 1. The van der Waals surface area contributed by atoms with Gasteiger partial charge in [0.15, 0.2) is 0 Å². The monoisotopic (exact) mass is 483 g/mol. The molecule has 0 fully saturated rings. The zero-order chi connectivity index (χ0) is 23.9. The molecule has 0 spiro atoms. The molecule has 0 radical (unpaired) electrons. The summed E-state index contributed by atoms with van der Waals surface area (Å²) in [5.41, 5.74) is 1.01. The Kier molecular flexibility index (Phi) is 9.03. The third kappa shape index (κ3) is 6.93. The summed E-state index contributed by atoms with van der Waals surface area (Å²) in [5, 5.41) is 3.02. The third-order valence-corrected chi connectivity index (χ3v) is 6.54. The zero-order valence-corrected chi connectivity index (χ0v) is 19.8. The van der Waals surface area contributed by atoms with Gasteiger partial charge in [-0.2, -0.15) is 0 Å². The molecular weight excluding hydrogens is 457 g/mol. The van der Waals surface area contributed by atoms with Gasteiger partial charge in [0.2, 0.25) is 21.8 Å². The summed E-state index contributed by atoms with van der Waals surface area (Å²) >= 11 is 6.23. The van der Waals surface area contributed by atoms with Gasteiger partial charge in [0, 0.05) is 31.6 Å². The fourth-order valence-corrected chi connectivity index (χ4v) is 4.37. The SMILES string of the molecule is CNC(=O)C(C)N(Cc1ccccc1Cl)C(=O)CCCN(c1ccc(F)cc1)S(C)(=O)=O. The number of anilines is 1. The van der Waals surface area contributed by atoms with Crippen LogP contribution in [0.4, 0.5) is 10.1 Å². The number of carbonyl (C=O) groups is 2. The van der Waals surface area contributed by atoms with Crippen molar-refractivity contribution < 1.29 is 22.4 Å². The Morgan fingerprint density at radius 2 is 1.75 bits per heavy atom. The standard InChI is InChI=1S/C22H27ClFN3O4S/c1-16(22(29)25-2)26(15-17-7-4-5-8-20(17)23)21(28)9-6-14-27(32(3,30)31)19-12-10-18(24)11-13-19/h4-5,7-8,10-13,16H,6,9,14-15H2,1-3H3,(H,25,29). The number of hydrogen-bond acceptors (Lipinski definition) is 4. The Hall–Kier alpha value is -2.65. The number of nitrogens with zero attached hydrogens (tertiary/aromatic N) is 2. The maximum Gasteiger partial charge on any atom is 0.242 e. The fraction of sp³-hybridized carbons (Fsp3) is 0.364. The molecule has 0 aliphatic carbocycles. The molecule has 174 valence electrons. The van der Waals surface area contributed by atoms with Gasteiger partial charge in [0.25, 0.3) is 0 Å². The van der Waals surface area contributed by atoms with E-state index in [9.17, 15) is 22.4 Å². The van der Waals surface area contributed by atoms with Gasteiger partial charge >= 0.3 is 0 Å². The summed E-state index contributed by atoms with van der Waals surface area (Å²) in [4.78, 5) is 26.6. The molecule has 2 aromatic rings. The first-order valence-corrected chi connectivity index (χ1v) is 12.2. The first-order chi connectivity index (χ1) is 15.0. The molecule has 1 unspecified atom stereocenters. The van der Waals surface area contributed by atoms with Crippen LogP contribution >= 0.6 is 11.6 Å². The van der Waals surface area contributed by atoms with Gasteiger partial charge in [0.1, 0.15) is 11.9 Å². The van der Waals surface area contributed by atoms with Gasteiger partial charge in [-0.1, -0.05) is 29.8 Å². The van der Waals surface area contributed by atoms with Gasteiger partial charge in [-0.3, -0.25) is 13.9 Å². The number of halogens is 2. The maximum atomic E-state index is 13.2. The molecule has 0 aliphatic heterocycles. The van der Waals surface area contributed by atoms with E-state index in [1.54, 1.807) is 31.2 Å². The van der Waals surface area contributed by atoms with Crippen LogP contribution < -0.4 is 9.62 Å². The molecule has 1 atom stereocenters. The highest BCUT2D eigenvalue weighted by molar-refractivity contribution is 7.92. The molecule has 2 aromatic carbocycles. The van der Waals surface area contributed by atoms with Gasteiger partial charge in [-0.25, -0.2) is 12.8 Å². The first-order valence-electron chi connectivity index (χ1n) is 10.0. The van der Waals surface area contributed by atoms with Crippen molar-refractivity contribution in [3.05, 3.63) is 64.9 Å². The number of rotatable bonds is 10. The van der Waals surface area contributed by atoms with Crippen LogP contribution in [0.25, 0.3) is 0 Å². The van der Waals surface area contributed by atoms with Crippen LogP contribution in [0.5, 0.6) is 0 Å². The minimum absolute atomic E-state index is 0.0129. The van der Waals surface area contributed by atoms with Crippen LogP contribution in [0.3, 0.4) is 0 Å². The number of nitrogens with one attached hydrogen (secondary N) is 1. The number of hydrogen-bond donors (Lipinski definition) is 1. The molecule has 10 heteroatoms. The third-order valence-electron chi connectivity index (χ3n) is 4.98. The molecule has 1 N–H and O–H groups in total. The van der Waals surface area contributed by atoms with Crippen LogP contribution in [0, 0.1) is 5.82 Å². The first kappa shape index (κ1) is 25.6. The normalized spacial score (nSPS) is 12.2. The maximum absolute atomic E-state index is 13.2. The van der Waals surface area contributed by atoms with Crippen molar-refractivity contribution in [1.29, 1.82) is 0 Å². The van der Waals surface area contributed by atoms with Gasteiger partial charge in [-0.05, 0) is 49.2 Å². The number of benzene rings is 2. The second-order valence-corrected chi connectivity index (χ2v) is 9.63. The predicted molar refractivity (Wildman–Crippen MR) is 123 cm³/mol. The quantitative estimate of drug-likeness (QED) is 0.562. The second kappa shape index (κ2) is 11.3. The molecule has 0 aliphatic rings. The van der Waals surface area contributed by atoms with E-state index < -0.39 is 21.9 Å². The van der Waals surface area contributed by atoms with Crippen LogP contribution in [0.2, 0.25) is 5.02 Å². The highest BCUT2D eigenvalue weighted by Gasteiger charge is 2.26. The van der Waals surface area contributed by atoms with E-state index in [0.29, 0.717) is 16.3 Å². The lowest BCUT2D eigenvalue weighted by atomic mass is 10.1. The highest BCUT2D eigenvalue weighted by Crippen LogP contribution is 2.21. The van der Waals surface area contributed by atoms with E-state index in [-0.39, 0.29) is 37.7 Å². The zero-order valence-electron chi connectivity index (χ0n) is 18.2. The molecule has 0 aromatic heterocycles. The van der Waals surface area contributed by atoms with Crippen LogP contribution in [-0.4, -0.2) is 51.0 Å². The molecular formula is C22H27ClFN3O4S. The van der Waals surface area contributed by atoms with Crippen LogP contribution in [-0.2, 0) is 26.2 Å². The average Bonchev–Trinajstić information content (AvgIpc) is 2.75. The second-order valence-electron chi connectivity index (χ2n) is 7.32. The van der Waals surface area contributed by atoms with E-state index in [1.807, 2.05) is 0 Å². The molecule has 0 heterocycles. The largest absolute Gasteiger partial charge is 0.357 e. The molecule has 2 rings (SSSR count). The van der Waals surface area contributed by atoms with Gasteiger partial charge < -0.3 is 10.2 Å². The summed E-state index contributed by atoms with van der Waals surface area (Å²) in [6.07, 6.45) is 1.28. The predicted octanol–water partition coefficient (Wildman–Crippen LogP) is 3.19. The Bertz CT molecular complexity index is 1050. The van der Waals surface area contributed by atoms with Crippen molar-refractivity contribution in [2.45, 2.75) is 32.4 Å². The van der Waals surface area contributed by atoms with Gasteiger partial charge in [-0.15, -0.1) is 0 Å². The van der Waals surface area contributed by atoms with E-state index in [2.05, 4.69) is 5.32 Å². The van der Waals surface area contributed by atoms with Crippen molar-refractivity contribution in [1.82, 2.24) is 10.2 Å². The lowest BCUT2D eigenvalue weighted by Gasteiger charge is -2.29. The van der Waals surface area contributed by atoms with Gasteiger partial charge in [0.05, 0.1) is 11.9 Å². The minimum Gasteiger partial charge on any atom is -0.357 e. The number of carbonyl (C=O) groups excluding carboxylic acids is 2. The van der Waals surface area contributed by atoms with Crippen molar-refractivity contribution in [2.24, 2.45) is 0 Å². The number of amides is 2. The summed E-state index contributed by atoms with van der Waals surface area (Å²) in [6.45, 7) is 1.79. The minimum atomic E-state index is -3.63. The van der Waals surface area contributed by atoms with E-state index in [1.165, 1.54) is 36.2 Å². The Morgan fingerprint density at radius 1 is 1.12 bits per heavy atom. The van der Waals surface area contributed by atoms with Crippen molar-refractivity contribution in [3.8, 4) is 0 Å². The van der Waals surface area contributed by atoms with Crippen molar-refractivity contribution in [2.75, 3.05) is 24.2 Å². The van der Waals surface area contributed by atoms with Crippen molar-refractivity contribution in [3.63, 3.8) is 0 Å². The van der Waals surface area contributed by atoms with E-state index >= 15 is 0 Å². The summed E-state index contributed by atoms with van der Waals surface area (Å²) in [6, 6.07) is 11.4. The van der Waals surface area contributed by atoms with Crippen LogP contribution in [0.15, 0.2) is 48.5 Å². The molecule has 32 heavy (non-hydrogen) atoms. The average molecular weight is 484 g/mol. The lowest BCUT2D eigenvalue weighted by molar-refractivity contribution is -0.140. The van der Waals surface area contributed by atoms with Crippen molar-refractivity contribution >= 4 is 39.1 Å². The Balaban J connectivity index is 2.14. The highest BCUT2D eigenvalue weighted by atomic mass is 35.5. The summed E-state index contributed by atoms with van der Waals surface area (Å²) < 4.78 is 38.8. The lowest BCUT2D eigenvalue weighted by Crippen LogP contribution is -2.46. The molecule has 0 bridgehead atoms. The molecule has 0 saturated heterocycles. The topological polar surface area (TPSA) is 86.8 Å². The van der Waals surface area contributed by atoms with E-state index in [0.717, 1.165) is 10.6 Å². The summed E-state index contributed by atoms with van der Waals surface area (Å²) in [5.74, 6) is -1.11. The molecule has 2 amide bonds. The van der Waals surface area contributed by atoms with E-state index in [4.69, 9.17) is 11.6 Å². The number of likely N-dealkylation sites (N-methyl/N-ethyl adjacent to an activating group) is 1.